The van der Waals surface area contributed by atoms with Crippen molar-refractivity contribution in [1.82, 2.24) is 20.4 Å². The SMILES string of the molecule is Cc1cc(Br)ccc1S(=O)(=O)Nc1nnc(-c2c(F)cccc2Cl)s1.Cc1cc(Cl)cc(Cl)c1S(=O)(=O)Nc1nnc(-c2c(F)cccc2Cl)s1. The third-order valence-electron chi connectivity index (χ3n) is 6.54. The van der Waals surface area contributed by atoms with Gasteiger partial charge in [-0.3, -0.25) is 9.44 Å². The Morgan fingerprint density at radius 1 is 0.647 bits per heavy atom. The van der Waals surface area contributed by atoms with E-state index in [9.17, 15) is 25.6 Å². The van der Waals surface area contributed by atoms with E-state index in [-0.39, 0.29) is 56.3 Å². The van der Waals surface area contributed by atoms with E-state index in [0.717, 1.165) is 27.1 Å². The summed E-state index contributed by atoms with van der Waals surface area (Å²) in [7, 11) is -7.88. The lowest BCUT2D eigenvalue weighted by Crippen LogP contribution is -2.14. The molecular formula is C30H19BrCl4F2N6O4S4. The molecule has 0 atom stereocenters. The quantitative estimate of drug-likeness (QED) is 0.154. The smallest absolute Gasteiger partial charge is 0.253 e. The highest BCUT2D eigenvalue weighted by Crippen LogP contribution is 2.37. The van der Waals surface area contributed by atoms with Crippen molar-refractivity contribution in [2.24, 2.45) is 0 Å². The molecule has 0 radical (unpaired) electrons. The third kappa shape index (κ3) is 9.15. The van der Waals surface area contributed by atoms with Crippen LogP contribution in [-0.4, -0.2) is 37.2 Å². The average molecular weight is 915 g/mol. The number of hydrogen-bond donors (Lipinski definition) is 2. The second kappa shape index (κ2) is 15.9. The van der Waals surface area contributed by atoms with Crippen molar-refractivity contribution in [3.8, 4) is 21.1 Å². The van der Waals surface area contributed by atoms with Crippen LogP contribution in [0.25, 0.3) is 21.1 Å². The van der Waals surface area contributed by atoms with E-state index in [0.29, 0.717) is 16.1 Å². The molecule has 2 N–H and O–H groups in total. The molecule has 0 fully saturated rings. The number of hydrogen-bond acceptors (Lipinski definition) is 10. The van der Waals surface area contributed by atoms with Gasteiger partial charge in [0, 0.05) is 9.50 Å². The van der Waals surface area contributed by atoms with Crippen molar-refractivity contribution >= 4 is 115 Å². The topological polar surface area (TPSA) is 144 Å². The van der Waals surface area contributed by atoms with Gasteiger partial charge < -0.3 is 0 Å². The first-order valence-electron chi connectivity index (χ1n) is 13.8. The summed E-state index contributed by atoms with van der Waals surface area (Å²) in [6, 6.07) is 16.0. The molecule has 0 spiro atoms. The van der Waals surface area contributed by atoms with Gasteiger partial charge in [0.1, 0.15) is 16.5 Å². The second-order valence-corrected chi connectivity index (χ2v) is 18.0. The molecule has 0 amide bonds. The Labute approximate surface area is 327 Å². The maximum atomic E-state index is 14.0. The summed E-state index contributed by atoms with van der Waals surface area (Å²) in [6.07, 6.45) is 0. The van der Waals surface area contributed by atoms with Crippen LogP contribution in [0.1, 0.15) is 11.1 Å². The van der Waals surface area contributed by atoms with Crippen molar-refractivity contribution in [2.75, 3.05) is 9.44 Å². The van der Waals surface area contributed by atoms with Gasteiger partial charge in [-0.15, -0.1) is 20.4 Å². The van der Waals surface area contributed by atoms with E-state index >= 15 is 0 Å². The molecule has 51 heavy (non-hydrogen) atoms. The summed E-state index contributed by atoms with van der Waals surface area (Å²) in [5.74, 6) is -1.14. The summed E-state index contributed by atoms with van der Waals surface area (Å²) < 4.78 is 83.7. The van der Waals surface area contributed by atoms with Crippen LogP contribution < -0.4 is 9.44 Å². The van der Waals surface area contributed by atoms with Crippen LogP contribution in [0.4, 0.5) is 19.0 Å². The predicted molar refractivity (Wildman–Crippen MR) is 202 cm³/mol. The number of anilines is 2. The van der Waals surface area contributed by atoms with Gasteiger partial charge >= 0.3 is 0 Å². The molecule has 6 aromatic rings. The van der Waals surface area contributed by atoms with E-state index in [1.54, 1.807) is 26.0 Å². The second-order valence-electron chi connectivity index (χ2n) is 10.2. The van der Waals surface area contributed by atoms with Gasteiger partial charge in [0.2, 0.25) is 10.3 Å². The van der Waals surface area contributed by atoms with Crippen LogP contribution in [0.3, 0.4) is 0 Å². The van der Waals surface area contributed by atoms with E-state index in [2.05, 4.69) is 45.8 Å². The third-order valence-corrected chi connectivity index (χ3v) is 13.3. The fraction of sp³-hybridized carbons (Fsp3) is 0.0667. The van der Waals surface area contributed by atoms with Crippen LogP contribution in [-0.2, 0) is 20.0 Å². The maximum absolute atomic E-state index is 14.0. The van der Waals surface area contributed by atoms with Gasteiger partial charge in [-0.25, -0.2) is 25.6 Å². The monoisotopic (exact) mass is 912 g/mol. The van der Waals surface area contributed by atoms with Crippen LogP contribution in [0, 0.1) is 25.5 Å². The number of benzene rings is 4. The fourth-order valence-electron chi connectivity index (χ4n) is 4.41. The molecule has 21 heteroatoms. The lowest BCUT2D eigenvalue weighted by molar-refractivity contribution is 0.598. The maximum Gasteiger partial charge on any atom is 0.265 e. The van der Waals surface area contributed by atoms with E-state index < -0.39 is 31.7 Å². The minimum absolute atomic E-state index is 0.0237. The van der Waals surface area contributed by atoms with Crippen molar-refractivity contribution < 1.29 is 25.6 Å². The molecule has 0 saturated heterocycles. The van der Waals surface area contributed by atoms with Gasteiger partial charge in [0.25, 0.3) is 20.0 Å². The summed E-state index contributed by atoms with van der Waals surface area (Å²) in [5.41, 5.74) is 1.09. The average Bonchev–Trinajstić information content (AvgIpc) is 3.65. The Kier molecular flexibility index (Phi) is 12.3. The molecule has 6 rings (SSSR count). The number of nitrogens with one attached hydrogen (secondary N) is 2. The summed E-state index contributed by atoms with van der Waals surface area (Å²) in [5, 5.41) is 16.1. The lowest BCUT2D eigenvalue weighted by atomic mass is 10.2. The van der Waals surface area contributed by atoms with E-state index in [1.165, 1.54) is 54.6 Å². The summed E-state index contributed by atoms with van der Waals surface area (Å²) >= 11 is 28.9. The molecule has 0 bridgehead atoms. The Morgan fingerprint density at radius 2 is 1.16 bits per heavy atom. The fourth-order valence-corrected chi connectivity index (χ4v) is 11.0. The summed E-state index contributed by atoms with van der Waals surface area (Å²) in [6.45, 7) is 3.25. The van der Waals surface area contributed by atoms with Gasteiger partial charge in [-0.1, -0.05) is 97.1 Å². The molecular weight excluding hydrogens is 896 g/mol. The largest absolute Gasteiger partial charge is 0.265 e. The van der Waals surface area contributed by atoms with E-state index in [1.807, 2.05) is 0 Å². The Morgan fingerprint density at radius 3 is 1.63 bits per heavy atom. The molecule has 4 aromatic carbocycles. The number of aryl methyl sites for hydroxylation is 2. The summed E-state index contributed by atoms with van der Waals surface area (Å²) in [4.78, 5) is 0.000569. The van der Waals surface area contributed by atoms with Crippen LogP contribution in [0.15, 0.2) is 81.0 Å². The molecule has 0 aliphatic carbocycles. The number of sulfonamides is 2. The first-order valence-corrected chi connectivity index (χ1v) is 20.7. The zero-order chi connectivity index (χ0) is 37.2. The van der Waals surface area contributed by atoms with E-state index in [4.69, 9.17) is 46.4 Å². The number of aromatic nitrogens is 4. The highest BCUT2D eigenvalue weighted by atomic mass is 79.9. The molecule has 10 nitrogen and oxygen atoms in total. The van der Waals surface area contributed by atoms with Crippen LogP contribution >= 0.6 is 85.0 Å². The van der Waals surface area contributed by atoms with Gasteiger partial charge in [-0.2, -0.15) is 0 Å². The standard InChI is InChI=1S/C15H10BrClFN3O2S2.C15H9Cl3FN3O2S2/c1-8-7-9(16)5-6-12(8)25(22,23)21-15-20-19-14(24-15)13-10(17)3-2-4-11(13)18;1-7-5-8(16)6-10(18)13(7)26(23,24)22-15-21-20-14(25-15)12-9(17)3-2-4-11(12)19/h2-7H,1H3,(H,20,21);2-6H,1H3,(H,21,22). The first kappa shape index (κ1) is 39.2. The number of halogens is 7. The highest BCUT2D eigenvalue weighted by molar-refractivity contribution is 9.10. The Bertz CT molecular complexity index is 2440. The minimum atomic E-state index is -4.04. The van der Waals surface area contributed by atoms with Crippen LogP contribution in [0.2, 0.25) is 20.1 Å². The molecule has 266 valence electrons. The highest BCUT2D eigenvalue weighted by Gasteiger charge is 2.25. The van der Waals surface area contributed by atoms with Crippen molar-refractivity contribution in [3.63, 3.8) is 0 Å². The Balaban J connectivity index is 0.000000198. The molecule has 0 aliphatic heterocycles. The normalized spacial score (nSPS) is 11.5. The predicted octanol–water partition coefficient (Wildman–Crippen LogP) is 10.3. The van der Waals surface area contributed by atoms with Crippen molar-refractivity contribution in [1.29, 1.82) is 0 Å². The first-order chi connectivity index (χ1) is 24.0. The molecule has 2 heterocycles. The van der Waals surface area contributed by atoms with Gasteiger partial charge in [-0.05, 0) is 79.6 Å². The zero-order valence-electron chi connectivity index (χ0n) is 25.6. The van der Waals surface area contributed by atoms with Crippen LogP contribution in [0.5, 0.6) is 0 Å². The van der Waals surface area contributed by atoms with Crippen molar-refractivity contribution in [2.45, 2.75) is 23.6 Å². The molecule has 0 unspecified atom stereocenters. The van der Waals surface area contributed by atoms with Gasteiger partial charge in [0.15, 0.2) is 10.0 Å². The molecule has 0 saturated carbocycles. The number of rotatable bonds is 8. The van der Waals surface area contributed by atoms with Gasteiger partial charge in [0.05, 0.1) is 31.1 Å². The minimum Gasteiger partial charge on any atom is -0.253 e. The number of nitrogens with zero attached hydrogens (tertiary/aromatic N) is 4. The Hall–Kier alpha value is -3.00. The zero-order valence-corrected chi connectivity index (χ0v) is 33.4. The lowest BCUT2D eigenvalue weighted by Gasteiger charge is -2.10. The molecule has 2 aromatic heterocycles. The van der Waals surface area contributed by atoms with Crippen molar-refractivity contribution in [3.05, 3.63) is 114 Å². The molecule has 0 aliphatic rings.